The average molecular weight is 306 g/mol. The molecule has 22 heavy (non-hydrogen) atoms. The normalized spacial score (nSPS) is 10.2. The highest BCUT2D eigenvalue weighted by Crippen LogP contribution is 2.03. The Kier molecular flexibility index (Phi) is 7.08. The van der Waals surface area contributed by atoms with E-state index in [0.717, 1.165) is 5.56 Å². The summed E-state index contributed by atoms with van der Waals surface area (Å²) >= 11 is 0. The van der Waals surface area contributed by atoms with Crippen molar-refractivity contribution in [2.24, 2.45) is 5.92 Å². The van der Waals surface area contributed by atoms with Crippen LogP contribution in [0, 0.1) is 12.8 Å². The number of nitrogens with one attached hydrogen (secondary N) is 2. The van der Waals surface area contributed by atoms with Gasteiger partial charge in [-0.25, -0.2) is 0 Å². The van der Waals surface area contributed by atoms with Crippen LogP contribution in [0.2, 0.25) is 0 Å². The van der Waals surface area contributed by atoms with Crippen LogP contribution in [0.25, 0.3) is 0 Å². The van der Waals surface area contributed by atoms with Crippen molar-refractivity contribution in [2.45, 2.75) is 20.8 Å². The highest BCUT2D eigenvalue weighted by atomic mass is 16.5. The van der Waals surface area contributed by atoms with Gasteiger partial charge >= 0.3 is 5.97 Å². The lowest BCUT2D eigenvalue weighted by Crippen LogP contribution is -2.35. The van der Waals surface area contributed by atoms with Gasteiger partial charge in [0.15, 0.2) is 6.61 Å². The number of hydrogen-bond donors (Lipinski definition) is 2. The van der Waals surface area contributed by atoms with E-state index in [9.17, 15) is 14.4 Å². The van der Waals surface area contributed by atoms with Crippen LogP contribution in [0.5, 0.6) is 0 Å². The van der Waals surface area contributed by atoms with E-state index in [-0.39, 0.29) is 25.0 Å². The topological polar surface area (TPSA) is 84.5 Å². The number of ether oxygens (including phenoxy) is 1. The van der Waals surface area contributed by atoms with Crippen molar-refractivity contribution in [2.75, 3.05) is 19.7 Å². The quantitative estimate of drug-likeness (QED) is 0.737. The summed E-state index contributed by atoms with van der Waals surface area (Å²) < 4.78 is 4.78. The van der Waals surface area contributed by atoms with E-state index in [0.29, 0.717) is 18.0 Å². The van der Waals surface area contributed by atoms with Crippen LogP contribution >= 0.6 is 0 Å². The molecule has 0 heterocycles. The minimum atomic E-state index is -0.652. The lowest BCUT2D eigenvalue weighted by molar-refractivity contribution is -0.147. The van der Waals surface area contributed by atoms with Crippen molar-refractivity contribution in [3.8, 4) is 0 Å². The minimum absolute atomic E-state index is 0.274. The third-order valence-electron chi connectivity index (χ3n) is 2.75. The minimum Gasteiger partial charge on any atom is -0.454 e. The highest BCUT2D eigenvalue weighted by molar-refractivity contribution is 5.96. The summed E-state index contributed by atoms with van der Waals surface area (Å²) in [5.41, 5.74) is 1.43. The Labute approximate surface area is 130 Å². The Hall–Kier alpha value is -2.37. The van der Waals surface area contributed by atoms with Crippen LogP contribution in [-0.2, 0) is 14.3 Å². The van der Waals surface area contributed by atoms with Crippen molar-refractivity contribution in [3.63, 3.8) is 0 Å². The third kappa shape index (κ3) is 6.88. The monoisotopic (exact) mass is 306 g/mol. The van der Waals surface area contributed by atoms with Crippen LogP contribution in [0.4, 0.5) is 0 Å². The molecule has 1 aromatic rings. The molecular formula is C16H22N2O4. The number of carbonyl (C=O) groups is 3. The van der Waals surface area contributed by atoms with E-state index >= 15 is 0 Å². The lowest BCUT2D eigenvalue weighted by Gasteiger charge is -2.09. The molecule has 120 valence electrons. The third-order valence-corrected chi connectivity index (χ3v) is 2.75. The Bertz CT molecular complexity index is 541. The van der Waals surface area contributed by atoms with Crippen molar-refractivity contribution in [1.29, 1.82) is 0 Å². The highest BCUT2D eigenvalue weighted by Gasteiger charge is 2.11. The molecule has 0 aliphatic rings. The molecule has 0 fully saturated rings. The van der Waals surface area contributed by atoms with Crippen LogP contribution in [0.3, 0.4) is 0 Å². The molecule has 2 amide bonds. The van der Waals surface area contributed by atoms with Gasteiger partial charge in [-0.1, -0.05) is 31.5 Å². The number of rotatable bonds is 7. The first-order valence-corrected chi connectivity index (χ1v) is 7.15. The van der Waals surface area contributed by atoms with Gasteiger partial charge in [0.1, 0.15) is 6.54 Å². The van der Waals surface area contributed by atoms with Gasteiger partial charge in [0.25, 0.3) is 11.8 Å². The summed E-state index contributed by atoms with van der Waals surface area (Å²) in [5.74, 6) is -1.04. The number of benzene rings is 1. The first-order chi connectivity index (χ1) is 10.4. The van der Waals surface area contributed by atoms with Crippen molar-refractivity contribution >= 4 is 17.8 Å². The molecule has 0 radical (unpaired) electrons. The average Bonchev–Trinajstić information content (AvgIpc) is 2.48. The SMILES string of the molecule is Cc1cccc(C(=O)NCC(=O)OCC(=O)NCC(C)C)c1. The Morgan fingerprint density at radius 1 is 1.18 bits per heavy atom. The largest absolute Gasteiger partial charge is 0.454 e. The van der Waals surface area contributed by atoms with Gasteiger partial charge in [-0.2, -0.15) is 0 Å². The molecule has 0 aliphatic heterocycles. The molecule has 0 aromatic heterocycles. The van der Waals surface area contributed by atoms with Gasteiger partial charge in [0, 0.05) is 12.1 Å². The summed E-state index contributed by atoms with van der Waals surface area (Å²) in [6.45, 7) is 5.72. The maximum absolute atomic E-state index is 11.8. The van der Waals surface area contributed by atoms with Gasteiger partial charge in [-0.15, -0.1) is 0 Å². The van der Waals surface area contributed by atoms with E-state index in [4.69, 9.17) is 4.74 Å². The fourth-order valence-corrected chi connectivity index (χ4v) is 1.61. The summed E-state index contributed by atoms with van der Waals surface area (Å²) in [5, 5.41) is 5.09. The zero-order valence-electron chi connectivity index (χ0n) is 13.1. The second-order valence-corrected chi connectivity index (χ2v) is 5.41. The maximum atomic E-state index is 11.8. The van der Waals surface area contributed by atoms with E-state index in [1.54, 1.807) is 18.2 Å². The molecule has 6 nitrogen and oxygen atoms in total. The maximum Gasteiger partial charge on any atom is 0.325 e. The molecule has 0 saturated carbocycles. The van der Waals surface area contributed by atoms with E-state index in [1.165, 1.54) is 0 Å². The second-order valence-electron chi connectivity index (χ2n) is 5.41. The standard InChI is InChI=1S/C16H22N2O4/c1-11(2)8-17-14(19)10-22-15(20)9-18-16(21)13-6-4-5-12(3)7-13/h4-7,11H,8-10H2,1-3H3,(H,17,19)(H,18,21). The summed E-state index contributed by atoms with van der Waals surface area (Å²) in [7, 11) is 0. The van der Waals surface area contributed by atoms with Gasteiger partial charge < -0.3 is 15.4 Å². The van der Waals surface area contributed by atoms with Crippen LogP contribution in [-0.4, -0.2) is 37.5 Å². The second kappa shape index (κ2) is 8.81. The molecule has 0 saturated heterocycles. The molecular weight excluding hydrogens is 284 g/mol. The zero-order valence-corrected chi connectivity index (χ0v) is 13.1. The summed E-state index contributed by atoms with van der Waals surface area (Å²) in [4.78, 5) is 34.7. The number of hydrogen-bond acceptors (Lipinski definition) is 4. The summed E-state index contributed by atoms with van der Waals surface area (Å²) in [6.07, 6.45) is 0. The number of carbonyl (C=O) groups excluding carboxylic acids is 3. The molecule has 6 heteroatoms. The molecule has 0 bridgehead atoms. The van der Waals surface area contributed by atoms with Crippen molar-refractivity contribution in [3.05, 3.63) is 35.4 Å². The van der Waals surface area contributed by atoms with Gasteiger partial charge in [0.2, 0.25) is 0 Å². The fourth-order valence-electron chi connectivity index (χ4n) is 1.61. The van der Waals surface area contributed by atoms with Crippen LogP contribution in [0.15, 0.2) is 24.3 Å². The van der Waals surface area contributed by atoms with Gasteiger partial charge in [0.05, 0.1) is 0 Å². The predicted molar refractivity (Wildman–Crippen MR) is 82.3 cm³/mol. The van der Waals surface area contributed by atoms with Gasteiger partial charge in [-0.05, 0) is 25.0 Å². The zero-order chi connectivity index (χ0) is 16.5. The van der Waals surface area contributed by atoms with Crippen LogP contribution < -0.4 is 10.6 Å². The van der Waals surface area contributed by atoms with E-state index in [1.807, 2.05) is 26.8 Å². The van der Waals surface area contributed by atoms with E-state index < -0.39 is 5.97 Å². The Morgan fingerprint density at radius 3 is 2.55 bits per heavy atom. The molecule has 1 aromatic carbocycles. The Balaban J connectivity index is 2.28. The molecule has 0 atom stereocenters. The molecule has 0 spiro atoms. The lowest BCUT2D eigenvalue weighted by atomic mass is 10.1. The number of esters is 1. The molecule has 0 unspecified atom stereocenters. The Morgan fingerprint density at radius 2 is 1.91 bits per heavy atom. The number of aryl methyl sites for hydroxylation is 1. The van der Waals surface area contributed by atoms with Crippen molar-refractivity contribution < 1.29 is 19.1 Å². The smallest absolute Gasteiger partial charge is 0.325 e. The van der Waals surface area contributed by atoms with Crippen LogP contribution in [0.1, 0.15) is 29.8 Å². The van der Waals surface area contributed by atoms with E-state index in [2.05, 4.69) is 10.6 Å². The van der Waals surface area contributed by atoms with Gasteiger partial charge in [-0.3, -0.25) is 14.4 Å². The summed E-state index contributed by atoms with van der Waals surface area (Å²) in [6, 6.07) is 7.02. The molecule has 2 N–H and O–H groups in total. The van der Waals surface area contributed by atoms with Crippen molar-refractivity contribution in [1.82, 2.24) is 10.6 Å². The predicted octanol–water partition coefficient (Wildman–Crippen LogP) is 1.04. The first-order valence-electron chi connectivity index (χ1n) is 7.15. The number of amides is 2. The molecule has 1 rings (SSSR count). The fraction of sp³-hybridized carbons (Fsp3) is 0.438. The first kappa shape index (κ1) is 17.7. The molecule has 0 aliphatic carbocycles.